The molecule has 1 atom stereocenters. The maximum atomic E-state index is 11.5. The molecule has 0 aliphatic carbocycles. The first kappa shape index (κ1) is 14.4. The topological polar surface area (TPSA) is 35.5 Å². The van der Waals surface area contributed by atoms with E-state index in [-0.39, 0.29) is 11.9 Å². The van der Waals surface area contributed by atoms with Gasteiger partial charge in [-0.1, -0.05) is 27.2 Å². The summed E-state index contributed by atoms with van der Waals surface area (Å²) in [6, 6.07) is 0. The fourth-order valence-electron chi connectivity index (χ4n) is 0.949. The Morgan fingerprint density at radius 3 is 2.07 bits per heavy atom. The Hall–Kier alpha value is -0.570. The lowest BCUT2D eigenvalue weighted by molar-refractivity contribution is -0.323. The molecule has 0 aliphatic rings. The molecular weight excluding hydrogens is 192 g/mol. The number of carbonyl (C=O) groups excluding carboxylic acids is 1. The van der Waals surface area contributed by atoms with Crippen LogP contribution in [0.4, 0.5) is 0 Å². The summed E-state index contributed by atoms with van der Waals surface area (Å²) in [6.07, 6.45) is 1.88. The van der Waals surface area contributed by atoms with Gasteiger partial charge >= 0.3 is 5.97 Å². The van der Waals surface area contributed by atoms with Crippen LogP contribution in [0, 0.1) is 11.8 Å². The smallest absolute Gasteiger partial charge is 0.298 e. The van der Waals surface area contributed by atoms with Crippen molar-refractivity contribution in [3.63, 3.8) is 0 Å². The zero-order valence-corrected chi connectivity index (χ0v) is 10.8. The first-order valence-corrected chi connectivity index (χ1v) is 5.62. The van der Waals surface area contributed by atoms with Gasteiger partial charge in [-0.05, 0) is 33.1 Å². The molecule has 0 aromatic rings. The van der Waals surface area contributed by atoms with Gasteiger partial charge in [0.1, 0.15) is 5.60 Å². The lowest BCUT2D eigenvalue weighted by Crippen LogP contribution is -2.24. The predicted molar refractivity (Wildman–Crippen MR) is 60.2 cm³/mol. The van der Waals surface area contributed by atoms with Gasteiger partial charge in [-0.3, -0.25) is 4.89 Å². The summed E-state index contributed by atoms with van der Waals surface area (Å²) in [4.78, 5) is 21.2. The summed E-state index contributed by atoms with van der Waals surface area (Å²) in [5.41, 5.74) is -0.437. The van der Waals surface area contributed by atoms with Crippen molar-refractivity contribution in [3.8, 4) is 0 Å². The molecule has 0 amide bonds. The number of hydrogen-bond donors (Lipinski definition) is 0. The van der Waals surface area contributed by atoms with Gasteiger partial charge in [0, 0.05) is 0 Å². The zero-order valence-electron chi connectivity index (χ0n) is 10.8. The van der Waals surface area contributed by atoms with E-state index in [1.807, 2.05) is 27.7 Å². The maximum Gasteiger partial charge on any atom is 0.345 e. The summed E-state index contributed by atoms with van der Waals surface area (Å²) in [5.74, 6) is 0.254. The van der Waals surface area contributed by atoms with Crippen molar-refractivity contribution >= 4 is 5.97 Å². The molecule has 0 aromatic heterocycles. The molecule has 0 aromatic carbocycles. The quantitative estimate of drug-likeness (QED) is 0.522. The molecule has 0 saturated heterocycles. The van der Waals surface area contributed by atoms with Crippen LogP contribution in [0.5, 0.6) is 0 Å². The van der Waals surface area contributed by atoms with E-state index in [4.69, 9.17) is 9.78 Å². The highest BCUT2D eigenvalue weighted by Gasteiger charge is 2.20. The Kier molecular flexibility index (Phi) is 5.88. The molecule has 15 heavy (non-hydrogen) atoms. The van der Waals surface area contributed by atoms with Gasteiger partial charge in [-0.25, -0.2) is 4.79 Å². The van der Waals surface area contributed by atoms with Crippen molar-refractivity contribution in [1.29, 1.82) is 0 Å². The molecule has 0 fully saturated rings. The van der Waals surface area contributed by atoms with E-state index >= 15 is 0 Å². The average Bonchev–Trinajstić information content (AvgIpc) is 2.08. The molecule has 90 valence electrons. The van der Waals surface area contributed by atoms with Crippen molar-refractivity contribution in [3.05, 3.63) is 0 Å². The highest BCUT2D eigenvalue weighted by atomic mass is 17.2. The Morgan fingerprint density at radius 2 is 1.67 bits per heavy atom. The van der Waals surface area contributed by atoms with Gasteiger partial charge in [-0.15, -0.1) is 0 Å². The molecule has 3 heteroatoms. The number of hydrogen-bond acceptors (Lipinski definition) is 3. The Labute approximate surface area is 93.1 Å². The van der Waals surface area contributed by atoms with E-state index < -0.39 is 5.60 Å². The fourth-order valence-corrected chi connectivity index (χ4v) is 0.949. The van der Waals surface area contributed by atoms with Crippen molar-refractivity contribution in [2.75, 3.05) is 0 Å². The van der Waals surface area contributed by atoms with Gasteiger partial charge in [0.25, 0.3) is 0 Å². The molecule has 0 N–H and O–H groups in total. The van der Waals surface area contributed by atoms with Crippen LogP contribution in [0.25, 0.3) is 0 Å². The van der Waals surface area contributed by atoms with Crippen molar-refractivity contribution < 1.29 is 14.6 Å². The number of carbonyl (C=O) groups is 1. The van der Waals surface area contributed by atoms with E-state index in [1.54, 1.807) is 0 Å². The van der Waals surface area contributed by atoms with Crippen LogP contribution in [-0.2, 0) is 14.6 Å². The summed E-state index contributed by atoms with van der Waals surface area (Å²) in [7, 11) is 0. The molecule has 0 spiro atoms. The summed E-state index contributed by atoms with van der Waals surface area (Å²) in [6.45, 7) is 11.7. The largest absolute Gasteiger partial charge is 0.345 e. The van der Waals surface area contributed by atoms with Crippen molar-refractivity contribution in [1.82, 2.24) is 0 Å². The lowest BCUT2D eigenvalue weighted by atomic mass is 10.00. The van der Waals surface area contributed by atoms with Crippen molar-refractivity contribution in [2.45, 2.75) is 60.0 Å². The Morgan fingerprint density at radius 1 is 1.13 bits per heavy atom. The third kappa shape index (κ3) is 8.43. The summed E-state index contributed by atoms with van der Waals surface area (Å²) >= 11 is 0. The van der Waals surface area contributed by atoms with E-state index in [2.05, 4.69) is 13.8 Å². The second kappa shape index (κ2) is 6.11. The van der Waals surface area contributed by atoms with E-state index in [0.717, 1.165) is 12.8 Å². The average molecular weight is 216 g/mol. The van der Waals surface area contributed by atoms with Gasteiger partial charge in [0.2, 0.25) is 0 Å². The van der Waals surface area contributed by atoms with Crippen LogP contribution >= 0.6 is 0 Å². The van der Waals surface area contributed by atoms with Gasteiger partial charge in [0.05, 0.1) is 5.92 Å². The molecular formula is C12H24O3. The molecule has 0 rings (SSSR count). The highest BCUT2D eigenvalue weighted by Crippen LogP contribution is 2.15. The van der Waals surface area contributed by atoms with Crippen LogP contribution in [0.15, 0.2) is 0 Å². The van der Waals surface area contributed by atoms with Gasteiger partial charge in [0.15, 0.2) is 0 Å². The minimum Gasteiger partial charge on any atom is -0.298 e. The van der Waals surface area contributed by atoms with E-state index in [1.165, 1.54) is 0 Å². The molecule has 0 bridgehead atoms. The van der Waals surface area contributed by atoms with Crippen LogP contribution in [-0.4, -0.2) is 11.6 Å². The lowest BCUT2D eigenvalue weighted by Gasteiger charge is -2.18. The predicted octanol–water partition coefficient (Wildman–Crippen LogP) is 3.33. The first-order valence-electron chi connectivity index (χ1n) is 5.62. The van der Waals surface area contributed by atoms with Gasteiger partial charge < -0.3 is 0 Å². The molecule has 0 aliphatic heterocycles. The first-order chi connectivity index (χ1) is 6.72. The van der Waals surface area contributed by atoms with Crippen LogP contribution in [0.1, 0.15) is 54.4 Å². The van der Waals surface area contributed by atoms with E-state index in [0.29, 0.717) is 5.92 Å². The highest BCUT2D eigenvalue weighted by molar-refractivity contribution is 5.71. The maximum absolute atomic E-state index is 11.5. The molecule has 3 nitrogen and oxygen atoms in total. The van der Waals surface area contributed by atoms with E-state index in [9.17, 15) is 4.79 Å². The SMILES string of the molecule is CC(C)CCC(C)C(=O)OOC(C)(C)C. The summed E-state index contributed by atoms with van der Waals surface area (Å²) < 4.78 is 0. The third-order valence-corrected chi connectivity index (χ3v) is 1.95. The molecule has 1 unspecified atom stereocenters. The zero-order chi connectivity index (χ0) is 12.1. The molecule has 0 radical (unpaired) electrons. The van der Waals surface area contributed by atoms with Crippen LogP contribution in [0.2, 0.25) is 0 Å². The molecule has 0 heterocycles. The van der Waals surface area contributed by atoms with Crippen LogP contribution in [0.3, 0.4) is 0 Å². The minimum atomic E-state index is -0.437. The third-order valence-electron chi connectivity index (χ3n) is 1.95. The number of rotatable bonds is 5. The minimum absolute atomic E-state index is 0.0882. The van der Waals surface area contributed by atoms with Crippen LogP contribution < -0.4 is 0 Å². The fraction of sp³-hybridized carbons (Fsp3) is 0.917. The Bertz CT molecular complexity index is 192. The summed E-state index contributed by atoms with van der Waals surface area (Å²) in [5, 5.41) is 0. The second-order valence-electron chi connectivity index (χ2n) is 5.47. The standard InChI is InChI=1S/C12H24O3/c1-9(2)7-8-10(3)11(13)14-15-12(4,5)6/h9-10H,7-8H2,1-6H3. The normalized spacial score (nSPS) is 14.1. The van der Waals surface area contributed by atoms with Gasteiger partial charge in [-0.2, -0.15) is 4.89 Å². The Balaban J connectivity index is 3.80. The second-order valence-corrected chi connectivity index (χ2v) is 5.47. The van der Waals surface area contributed by atoms with Crippen molar-refractivity contribution in [2.24, 2.45) is 11.8 Å². The molecule has 0 saturated carbocycles. The monoisotopic (exact) mass is 216 g/mol.